The summed E-state index contributed by atoms with van der Waals surface area (Å²) >= 11 is 6.09. The first kappa shape index (κ1) is 13.5. The Morgan fingerprint density at radius 2 is 2.11 bits per heavy atom. The summed E-state index contributed by atoms with van der Waals surface area (Å²) in [4.78, 5) is 4.27. The van der Waals surface area contributed by atoms with E-state index in [9.17, 15) is 5.11 Å². The second-order valence-electron chi connectivity index (χ2n) is 4.12. The fraction of sp³-hybridized carbons (Fsp3) is 0.214. The summed E-state index contributed by atoms with van der Waals surface area (Å²) in [7, 11) is 1.60. The van der Waals surface area contributed by atoms with Gasteiger partial charge >= 0.3 is 0 Å². The summed E-state index contributed by atoms with van der Waals surface area (Å²) in [5, 5.41) is 13.5. The van der Waals surface area contributed by atoms with E-state index in [0.717, 1.165) is 11.4 Å². The van der Waals surface area contributed by atoms with Crippen molar-refractivity contribution in [3.63, 3.8) is 0 Å². The maximum atomic E-state index is 9.72. The van der Waals surface area contributed by atoms with Crippen molar-refractivity contribution in [1.29, 1.82) is 0 Å². The van der Waals surface area contributed by atoms with Crippen LogP contribution in [0.5, 0.6) is 11.5 Å². The van der Waals surface area contributed by atoms with Gasteiger partial charge in [-0.25, -0.2) is 0 Å². The normalized spacial score (nSPS) is 10.3. The van der Waals surface area contributed by atoms with E-state index in [4.69, 9.17) is 16.3 Å². The molecule has 0 saturated carbocycles. The molecule has 0 unspecified atom stereocenters. The average molecular weight is 279 g/mol. The second-order valence-corrected chi connectivity index (χ2v) is 4.52. The van der Waals surface area contributed by atoms with Gasteiger partial charge in [0.05, 0.1) is 24.4 Å². The molecule has 19 heavy (non-hydrogen) atoms. The number of methoxy groups -OCH3 is 1. The molecule has 0 aliphatic carbocycles. The zero-order chi connectivity index (χ0) is 13.8. The third kappa shape index (κ3) is 3.29. The van der Waals surface area contributed by atoms with Crippen LogP contribution in [0, 0.1) is 6.92 Å². The first-order valence-electron chi connectivity index (χ1n) is 5.83. The number of hydrogen-bond donors (Lipinski definition) is 2. The van der Waals surface area contributed by atoms with Gasteiger partial charge in [0.15, 0.2) is 0 Å². The number of nitrogens with one attached hydrogen (secondary N) is 1. The van der Waals surface area contributed by atoms with Gasteiger partial charge < -0.3 is 15.2 Å². The number of ether oxygens (including phenoxy) is 1. The van der Waals surface area contributed by atoms with Gasteiger partial charge in [0.25, 0.3) is 0 Å². The zero-order valence-electron chi connectivity index (χ0n) is 10.8. The molecular weight excluding hydrogens is 264 g/mol. The lowest BCUT2D eigenvalue weighted by molar-refractivity contribution is 0.415. The molecule has 1 heterocycles. The quantitative estimate of drug-likeness (QED) is 0.900. The number of aryl methyl sites for hydroxylation is 1. The van der Waals surface area contributed by atoms with Gasteiger partial charge in [-0.1, -0.05) is 11.6 Å². The Balaban J connectivity index is 2.16. The van der Waals surface area contributed by atoms with Crippen LogP contribution in [-0.4, -0.2) is 17.2 Å². The predicted molar refractivity (Wildman–Crippen MR) is 76.0 cm³/mol. The highest BCUT2D eigenvalue weighted by molar-refractivity contribution is 6.33. The fourth-order valence-electron chi connectivity index (χ4n) is 1.68. The molecule has 100 valence electrons. The first-order chi connectivity index (χ1) is 9.10. The standard InChI is InChI=1S/C14H15ClN2O2/c1-9-3-6-14(18)13(17-9)8-16-12-7-10(19-2)4-5-11(12)15/h3-7,16,18H,8H2,1-2H3. The van der Waals surface area contributed by atoms with E-state index >= 15 is 0 Å². The van der Waals surface area contributed by atoms with Crippen LogP contribution < -0.4 is 10.1 Å². The van der Waals surface area contributed by atoms with Crippen molar-refractivity contribution in [2.24, 2.45) is 0 Å². The Hall–Kier alpha value is -1.94. The molecule has 0 amide bonds. The zero-order valence-corrected chi connectivity index (χ0v) is 11.5. The Labute approximate surface area is 117 Å². The summed E-state index contributed by atoms with van der Waals surface area (Å²) in [6, 6.07) is 8.74. The van der Waals surface area contributed by atoms with Crippen LogP contribution >= 0.6 is 11.6 Å². The van der Waals surface area contributed by atoms with Crippen molar-refractivity contribution in [2.45, 2.75) is 13.5 Å². The van der Waals surface area contributed by atoms with Gasteiger partial charge in [-0.15, -0.1) is 0 Å². The smallest absolute Gasteiger partial charge is 0.138 e. The summed E-state index contributed by atoms with van der Waals surface area (Å²) in [5.74, 6) is 0.880. The van der Waals surface area contributed by atoms with Gasteiger partial charge in [0, 0.05) is 11.8 Å². The molecule has 2 aromatic rings. The number of aromatic nitrogens is 1. The summed E-state index contributed by atoms with van der Waals surface area (Å²) in [6.45, 7) is 2.27. The highest BCUT2D eigenvalue weighted by Crippen LogP contribution is 2.27. The second kappa shape index (κ2) is 5.80. The Morgan fingerprint density at radius 3 is 2.84 bits per heavy atom. The minimum atomic E-state index is 0.164. The molecule has 0 spiro atoms. The highest BCUT2D eigenvalue weighted by atomic mass is 35.5. The van der Waals surface area contributed by atoms with Crippen LogP contribution in [0.3, 0.4) is 0 Å². The predicted octanol–water partition coefficient (Wildman–Crippen LogP) is 3.37. The Kier molecular flexibility index (Phi) is 4.12. The maximum Gasteiger partial charge on any atom is 0.138 e. The fourth-order valence-corrected chi connectivity index (χ4v) is 1.86. The van der Waals surface area contributed by atoms with Crippen LogP contribution in [0.1, 0.15) is 11.4 Å². The minimum absolute atomic E-state index is 0.164. The number of rotatable bonds is 4. The van der Waals surface area contributed by atoms with E-state index in [1.807, 2.05) is 6.92 Å². The Bertz CT molecular complexity index is 588. The number of nitrogens with zero attached hydrogens (tertiary/aromatic N) is 1. The SMILES string of the molecule is COc1ccc(Cl)c(NCc2nc(C)ccc2O)c1. The minimum Gasteiger partial charge on any atom is -0.506 e. The van der Waals surface area contributed by atoms with Crippen LogP contribution in [0.2, 0.25) is 5.02 Å². The van der Waals surface area contributed by atoms with E-state index in [2.05, 4.69) is 10.3 Å². The summed E-state index contributed by atoms with van der Waals surface area (Å²) in [6.07, 6.45) is 0. The molecule has 1 aromatic carbocycles. The van der Waals surface area contributed by atoms with Crippen LogP contribution in [0.15, 0.2) is 30.3 Å². The van der Waals surface area contributed by atoms with Crippen molar-refractivity contribution in [2.75, 3.05) is 12.4 Å². The topological polar surface area (TPSA) is 54.4 Å². The van der Waals surface area contributed by atoms with Gasteiger partial charge in [-0.05, 0) is 31.2 Å². The van der Waals surface area contributed by atoms with Gasteiger partial charge in [-0.3, -0.25) is 4.98 Å². The third-order valence-corrected chi connectivity index (χ3v) is 3.04. The summed E-state index contributed by atoms with van der Waals surface area (Å²) in [5.41, 5.74) is 2.17. The average Bonchev–Trinajstić information content (AvgIpc) is 2.41. The Morgan fingerprint density at radius 1 is 1.32 bits per heavy atom. The van der Waals surface area contributed by atoms with Crippen molar-refractivity contribution >= 4 is 17.3 Å². The molecule has 0 radical (unpaired) electrons. The van der Waals surface area contributed by atoms with E-state index in [1.165, 1.54) is 0 Å². The number of halogens is 1. The largest absolute Gasteiger partial charge is 0.506 e. The van der Waals surface area contributed by atoms with Crippen molar-refractivity contribution < 1.29 is 9.84 Å². The number of hydrogen-bond acceptors (Lipinski definition) is 4. The first-order valence-corrected chi connectivity index (χ1v) is 6.21. The summed E-state index contributed by atoms with van der Waals surface area (Å²) < 4.78 is 5.14. The van der Waals surface area contributed by atoms with E-state index in [0.29, 0.717) is 23.0 Å². The third-order valence-electron chi connectivity index (χ3n) is 2.71. The molecule has 2 rings (SSSR count). The molecule has 0 atom stereocenters. The molecule has 0 fully saturated rings. The molecule has 0 bridgehead atoms. The molecule has 2 N–H and O–H groups in total. The molecule has 0 aliphatic rings. The maximum absolute atomic E-state index is 9.72. The molecular formula is C14H15ClN2O2. The highest BCUT2D eigenvalue weighted by Gasteiger charge is 2.06. The van der Waals surface area contributed by atoms with Crippen molar-refractivity contribution in [1.82, 2.24) is 4.98 Å². The number of anilines is 1. The van der Waals surface area contributed by atoms with Crippen LogP contribution in [-0.2, 0) is 6.54 Å². The number of aromatic hydroxyl groups is 1. The van der Waals surface area contributed by atoms with E-state index < -0.39 is 0 Å². The van der Waals surface area contributed by atoms with E-state index in [1.54, 1.807) is 37.4 Å². The van der Waals surface area contributed by atoms with Crippen LogP contribution in [0.25, 0.3) is 0 Å². The number of pyridine rings is 1. The molecule has 5 heteroatoms. The molecule has 0 saturated heterocycles. The van der Waals surface area contributed by atoms with Crippen molar-refractivity contribution in [3.8, 4) is 11.5 Å². The number of benzene rings is 1. The van der Waals surface area contributed by atoms with Gasteiger partial charge in [0.1, 0.15) is 17.2 Å². The molecule has 0 aliphatic heterocycles. The monoisotopic (exact) mass is 278 g/mol. The van der Waals surface area contributed by atoms with Crippen molar-refractivity contribution in [3.05, 3.63) is 46.7 Å². The van der Waals surface area contributed by atoms with E-state index in [-0.39, 0.29) is 5.75 Å². The van der Waals surface area contributed by atoms with Gasteiger partial charge in [0.2, 0.25) is 0 Å². The lowest BCUT2D eigenvalue weighted by Gasteiger charge is -2.11. The van der Waals surface area contributed by atoms with Gasteiger partial charge in [-0.2, -0.15) is 0 Å². The lowest BCUT2D eigenvalue weighted by Crippen LogP contribution is -2.03. The lowest BCUT2D eigenvalue weighted by atomic mass is 10.2. The molecule has 1 aromatic heterocycles. The van der Waals surface area contributed by atoms with Crippen LogP contribution in [0.4, 0.5) is 5.69 Å². The molecule has 4 nitrogen and oxygen atoms in total.